The molecule has 0 bridgehead atoms. The molecule has 0 aromatic carbocycles. The van der Waals surface area contributed by atoms with Crippen LogP contribution in [0.5, 0.6) is 0 Å². The summed E-state index contributed by atoms with van der Waals surface area (Å²) >= 11 is 0. The van der Waals surface area contributed by atoms with Crippen LogP contribution in [0.4, 0.5) is 0 Å². The molecule has 0 unspecified atom stereocenters. The molecule has 0 saturated carbocycles. The Balaban J connectivity index is 4.02. The summed E-state index contributed by atoms with van der Waals surface area (Å²) in [6.07, 6.45) is 6.31. The van der Waals surface area contributed by atoms with Gasteiger partial charge in [-0.15, -0.1) is 0 Å². The van der Waals surface area contributed by atoms with Gasteiger partial charge in [-0.05, 0) is 11.6 Å². The van der Waals surface area contributed by atoms with E-state index < -0.39 is 0 Å². The molecule has 0 atom stereocenters. The zero-order chi connectivity index (χ0) is 7.82. The van der Waals surface area contributed by atoms with E-state index in [2.05, 4.69) is 11.6 Å². The van der Waals surface area contributed by atoms with Gasteiger partial charge in [0.25, 0.3) is 0 Å². The second-order valence-corrected chi connectivity index (χ2v) is 1.72. The van der Waals surface area contributed by atoms with Crippen LogP contribution >= 0.6 is 0 Å². The maximum Gasteiger partial charge on any atom is 0.124 e. The van der Waals surface area contributed by atoms with Crippen molar-refractivity contribution in [3.63, 3.8) is 0 Å². The SMILES string of the molecule is C=C/C(=C\C=NC)CC=O. The van der Waals surface area contributed by atoms with E-state index in [1.54, 1.807) is 25.4 Å². The highest BCUT2D eigenvalue weighted by Crippen LogP contribution is 1.97. The third-order valence-electron chi connectivity index (χ3n) is 1.02. The summed E-state index contributed by atoms with van der Waals surface area (Å²) in [7, 11) is 1.68. The quantitative estimate of drug-likeness (QED) is 0.327. The Morgan fingerprint density at radius 1 is 1.70 bits per heavy atom. The Morgan fingerprint density at radius 2 is 2.40 bits per heavy atom. The van der Waals surface area contributed by atoms with Gasteiger partial charge < -0.3 is 4.79 Å². The van der Waals surface area contributed by atoms with Gasteiger partial charge in [0.1, 0.15) is 6.29 Å². The molecule has 0 aliphatic carbocycles. The van der Waals surface area contributed by atoms with Crippen LogP contribution in [-0.4, -0.2) is 19.5 Å². The van der Waals surface area contributed by atoms with Crippen LogP contribution in [0.3, 0.4) is 0 Å². The summed E-state index contributed by atoms with van der Waals surface area (Å²) in [6, 6.07) is 0. The van der Waals surface area contributed by atoms with E-state index in [0.29, 0.717) is 6.42 Å². The number of carbonyl (C=O) groups is 1. The van der Waals surface area contributed by atoms with E-state index in [4.69, 9.17) is 0 Å². The number of rotatable bonds is 4. The molecule has 10 heavy (non-hydrogen) atoms. The number of hydrogen-bond donors (Lipinski definition) is 0. The summed E-state index contributed by atoms with van der Waals surface area (Å²) in [5.74, 6) is 0. The average molecular weight is 137 g/mol. The molecular weight excluding hydrogens is 126 g/mol. The number of nitrogens with zero attached hydrogens (tertiary/aromatic N) is 1. The lowest BCUT2D eigenvalue weighted by Crippen LogP contribution is -1.79. The number of hydrogen-bond acceptors (Lipinski definition) is 2. The molecule has 0 heterocycles. The second-order valence-electron chi connectivity index (χ2n) is 1.72. The molecule has 0 aliphatic heterocycles. The summed E-state index contributed by atoms with van der Waals surface area (Å²) in [5, 5.41) is 0. The molecule has 0 aromatic heterocycles. The van der Waals surface area contributed by atoms with Crippen molar-refractivity contribution in [2.75, 3.05) is 7.05 Å². The van der Waals surface area contributed by atoms with Crippen LogP contribution in [0.25, 0.3) is 0 Å². The molecule has 0 spiro atoms. The first-order chi connectivity index (χ1) is 4.85. The van der Waals surface area contributed by atoms with Gasteiger partial charge in [0, 0.05) is 19.7 Å². The van der Waals surface area contributed by atoms with Crippen molar-refractivity contribution in [1.29, 1.82) is 0 Å². The third-order valence-corrected chi connectivity index (χ3v) is 1.02. The van der Waals surface area contributed by atoms with Gasteiger partial charge >= 0.3 is 0 Å². The number of allylic oxidation sites excluding steroid dienone is 3. The molecule has 0 saturated heterocycles. The highest BCUT2D eigenvalue weighted by Gasteiger charge is 1.85. The summed E-state index contributed by atoms with van der Waals surface area (Å²) in [6.45, 7) is 3.54. The first-order valence-electron chi connectivity index (χ1n) is 3.02. The minimum atomic E-state index is 0.412. The highest BCUT2D eigenvalue weighted by molar-refractivity contribution is 5.74. The first kappa shape index (κ1) is 8.82. The van der Waals surface area contributed by atoms with Crippen molar-refractivity contribution >= 4 is 12.5 Å². The normalized spacial score (nSPS) is 11.9. The third kappa shape index (κ3) is 3.78. The Kier molecular flexibility index (Phi) is 5.25. The second kappa shape index (κ2) is 5.95. The number of aldehydes is 1. The lowest BCUT2D eigenvalue weighted by Gasteiger charge is -1.88. The summed E-state index contributed by atoms with van der Waals surface area (Å²) < 4.78 is 0. The Morgan fingerprint density at radius 3 is 2.80 bits per heavy atom. The molecule has 54 valence electrons. The molecule has 0 aromatic rings. The maximum atomic E-state index is 10.0. The van der Waals surface area contributed by atoms with E-state index >= 15 is 0 Å². The zero-order valence-corrected chi connectivity index (χ0v) is 6.08. The van der Waals surface area contributed by atoms with Crippen LogP contribution in [0, 0.1) is 0 Å². The largest absolute Gasteiger partial charge is 0.303 e. The fraction of sp³-hybridized carbons (Fsp3) is 0.250. The van der Waals surface area contributed by atoms with Crippen LogP contribution in [0.1, 0.15) is 6.42 Å². The lowest BCUT2D eigenvalue weighted by molar-refractivity contribution is -0.107. The summed E-state index contributed by atoms with van der Waals surface area (Å²) in [5.41, 5.74) is 0.889. The predicted octanol–water partition coefficient (Wildman–Crippen LogP) is 1.39. The molecule has 0 N–H and O–H groups in total. The zero-order valence-electron chi connectivity index (χ0n) is 6.08. The van der Waals surface area contributed by atoms with E-state index in [0.717, 1.165) is 11.9 Å². The van der Waals surface area contributed by atoms with Crippen LogP contribution < -0.4 is 0 Å². The first-order valence-corrected chi connectivity index (χ1v) is 3.02. The fourth-order valence-electron chi connectivity index (χ4n) is 0.486. The van der Waals surface area contributed by atoms with E-state index in [9.17, 15) is 4.79 Å². The van der Waals surface area contributed by atoms with Crippen molar-refractivity contribution in [2.24, 2.45) is 4.99 Å². The van der Waals surface area contributed by atoms with Gasteiger partial charge in [-0.25, -0.2) is 0 Å². The predicted molar refractivity (Wildman–Crippen MR) is 43.4 cm³/mol. The van der Waals surface area contributed by atoms with Crippen molar-refractivity contribution in [1.82, 2.24) is 0 Å². The molecule has 0 aliphatic rings. The Hall–Kier alpha value is -1.18. The average Bonchev–Trinajstić information content (AvgIpc) is 1.98. The van der Waals surface area contributed by atoms with Gasteiger partial charge in [-0.1, -0.05) is 12.7 Å². The van der Waals surface area contributed by atoms with Gasteiger partial charge in [0.15, 0.2) is 0 Å². The molecule has 0 rings (SSSR count). The van der Waals surface area contributed by atoms with Crippen LogP contribution in [0.15, 0.2) is 29.3 Å². The van der Waals surface area contributed by atoms with Crippen molar-refractivity contribution in [2.45, 2.75) is 6.42 Å². The van der Waals surface area contributed by atoms with Crippen LogP contribution in [0.2, 0.25) is 0 Å². The van der Waals surface area contributed by atoms with Gasteiger partial charge in [0.2, 0.25) is 0 Å². The van der Waals surface area contributed by atoms with Crippen molar-refractivity contribution < 1.29 is 4.79 Å². The highest BCUT2D eigenvalue weighted by atomic mass is 16.1. The van der Waals surface area contributed by atoms with Crippen molar-refractivity contribution in [3.8, 4) is 0 Å². The van der Waals surface area contributed by atoms with E-state index in [1.165, 1.54) is 0 Å². The smallest absolute Gasteiger partial charge is 0.124 e. The molecule has 0 fully saturated rings. The number of aliphatic imine (C=N–C) groups is 1. The van der Waals surface area contributed by atoms with Crippen molar-refractivity contribution in [3.05, 3.63) is 24.3 Å². The van der Waals surface area contributed by atoms with E-state index in [-0.39, 0.29) is 0 Å². The molecular formula is C8H11NO. The van der Waals surface area contributed by atoms with Gasteiger partial charge in [-0.3, -0.25) is 4.99 Å². The molecule has 0 amide bonds. The number of carbonyl (C=O) groups excluding carboxylic acids is 1. The minimum Gasteiger partial charge on any atom is -0.303 e. The minimum absolute atomic E-state index is 0.412. The fourth-order valence-corrected chi connectivity index (χ4v) is 0.486. The van der Waals surface area contributed by atoms with Gasteiger partial charge in [0.05, 0.1) is 0 Å². The Labute approximate surface area is 61.0 Å². The molecule has 2 nitrogen and oxygen atoms in total. The maximum absolute atomic E-state index is 10.0. The standard InChI is InChI=1S/C8H11NO/c1-3-8(5-7-10)4-6-9-2/h3-4,6-7H,1,5H2,2H3/b8-4+,9-6?. The Bertz CT molecular complexity index is 168. The van der Waals surface area contributed by atoms with E-state index in [1.807, 2.05) is 0 Å². The van der Waals surface area contributed by atoms with Crippen LogP contribution in [-0.2, 0) is 4.79 Å². The molecule has 0 radical (unpaired) electrons. The lowest BCUT2D eigenvalue weighted by atomic mass is 10.2. The topological polar surface area (TPSA) is 29.4 Å². The van der Waals surface area contributed by atoms with Gasteiger partial charge in [-0.2, -0.15) is 0 Å². The molecule has 2 heteroatoms. The monoisotopic (exact) mass is 137 g/mol. The summed E-state index contributed by atoms with van der Waals surface area (Å²) in [4.78, 5) is 13.7.